The molecule has 0 fully saturated rings. The summed E-state index contributed by atoms with van der Waals surface area (Å²) >= 11 is 11.7. The third-order valence-corrected chi connectivity index (χ3v) is 2.95. The first kappa shape index (κ1) is 13.1. The lowest BCUT2D eigenvalue weighted by Gasteiger charge is -2.05. The number of hydrogen-bond donors (Lipinski definition) is 0. The van der Waals surface area contributed by atoms with Crippen molar-refractivity contribution in [1.82, 2.24) is 9.78 Å². The van der Waals surface area contributed by atoms with E-state index in [9.17, 15) is 4.79 Å². The number of ketones is 1. The summed E-state index contributed by atoms with van der Waals surface area (Å²) in [5.41, 5.74) is 0.537. The van der Waals surface area contributed by atoms with Crippen LogP contribution in [0.4, 0.5) is 0 Å². The van der Waals surface area contributed by atoms with Crippen molar-refractivity contribution in [3.05, 3.63) is 40.0 Å². The molecule has 7 heteroatoms. The highest BCUT2D eigenvalue weighted by Gasteiger charge is 2.22. The van der Waals surface area contributed by atoms with Gasteiger partial charge in [-0.25, -0.2) is 0 Å². The first-order chi connectivity index (χ1) is 8.65. The van der Waals surface area contributed by atoms with Crippen molar-refractivity contribution in [3.63, 3.8) is 0 Å². The second-order valence-electron chi connectivity index (χ2n) is 3.49. The van der Waals surface area contributed by atoms with Crippen LogP contribution in [0.2, 0.25) is 10.2 Å². The number of furan rings is 1. The van der Waals surface area contributed by atoms with Gasteiger partial charge >= 0.3 is 0 Å². The molecule has 0 N–H and O–H groups in total. The van der Waals surface area contributed by atoms with Crippen molar-refractivity contribution < 1.29 is 13.9 Å². The zero-order chi connectivity index (χ0) is 13.1. The average Bonchev–Trinajstić information content (AvgIpc) is 2.92. The zero-order valence-corrected chi connectivity index (χ0v) is 11.0. The fourth-order valence-corrected chi connectivity index (χ4v) is 1.95. The Bertz CT molecular complexity index is 562. The van der Waals surface area contributed by atoms with E-state index in [1.54, 1.807) is 7.11 Å². The van der Waals surface area contributed by atoms with E-state index in [-0.39, 0.29) is 27.3 Å². The van der Waals surface area contributed by atoms with Crippen LogP contribution in [0.5, 0.6) is 0 Å². The van der Waals surface area contributed by atoms with Gasteiger partial charge in [-0.05, 0) is 17.7 Å². The summed E-state index contributed by atoms with van der Waals surface area (Å²) in [6.07, 6.45) is 2.76. The Hall–Kier alpha value is -1.30. The van der Waals surface area contributed by atoms with Crippen LogP contribution >= 0.6 is 23.2 Å². The number of methoxy groups -OCH3 is 1. The molecule has 0 aliphatic rings. The van der Waals surface area contributed by atoms with Crippen molar-refractivity contribution >= 4 is 29.0 Å². The minimum atomic E-state index is -0.327. The number of ether oxygens (including phenoxy) is 1. The Balaban J connectivity index is 2.35. The summed E-state index contributed by atoms with van der Waals surface area (Å²) < 4.78 is 11.3. The van der Waals surface area contributed by atoms with Gasteiger partial charge in [-0.3, -0.25) is 9.48 Å². The van der Waals surface area contributed by atoms with Crippen molar-refractivity contribution in [2.75, 3.05) is 13.7 Å². The maximum Gasteiger partial charge on any atom is 0.217 e. The maximum atomic E-state index is 12.3. The highest BCUT2D eigenvalue weighted by Crippen LogP contribution is 2.24. The Morgan fingerprint density at radius 2 is 2.33 bits per heavy atom. The van der Waals surface area contributed by atoms with E-state index in [2.05, 4.69) is 5.10 Å². The smallest absolute Gasteiger partial charge is 0.217 e. The third kappa shape index (κ3) is 2.43. The summed E-state index contributed by atoms with van der Waals surface area (Å²) in [6.45, 7) is 0.858. The highest BCUT2D eigenvalue weighted by atomic mass is 35.5. The van der Waals surface area contributed by atoms with Crippen molar-refractivity contribution in [2.45, 2.75) is 6.54 Å². The molecule has 2 rings (SSSR count). The van der Waals surface area contributed by atoms with E-state index in [1.807, 2.05) is 0 Å². The van der Waals surface area contributed by atoms with Gasteiger partial charge in [0.2, 0.25) is 11.0 Å². The number of carbonyl (C=O) groups excluding carboxylic acids is 1. The number of carbonyl (C=O) groups is 1. The molecule has 0 atom stereocenters. The van der Waals surface area contributed by atoms with Crippen molar-refractivity contribution in [2.24, 2.45) is 0 Å². The molecule has 0 amide bonds. The number of rotatable bonds is 5. The summed E-state index contributed by atoms with van der Waals surface area (Å²) in [5, 5.41) is 4.33. The Labute approximate surface area is 113 Å². The monoisotopic (exact) mass is 288 g/mol. The van der Waals surface area contributed by atoms with Gasteiger partial charge in [0.25, 0.3) is 0 Å². The standard InChI is InChI=1S/C11H10Cl2N2O3/c1-17-5-3-15-9(8(12)6-14-15)10(16)7-2-4-18-11(7)13/h2,4,6H,3,5H2,1H3. The molecule has 5 nitrogen and oxygen atoms in total. The first-order valence-electron chi connectivity index (χ1n) is 5.13. The molecule has 0 saturated heterocycles. The lowest BCUT2D eigenvalue weighted by atomic mass is 10.1. The second kappa shape index (κ2) is 5.56. The van der Waals surface area contributed by atoms with Gasteiger partial charge in [0.1, 0.15) is 5.69 Å². The van der Waals surface area contributed by atoms with Crippen LogP contribution in [0.1, 0.15) is 16.1 Å². The number of aromatic nitrogens is 2. The van der Waals surface area contributed by atoms with Crippen LogP contribution in [-0.4, -0.2) is 29.3 Å². The van der Waals surface area contributed by atoms with Crippen LogP contribution in [0.25, 0.3) is 0 Å². The molecule has 18 heavy (non-hydrogen) atoms. The minimum absolute atomic E-state index is 0.0376. The molecule has 0 saturated carbocycles. The molecule has 0 unspecified atom stereocenters. The number of hydrogen-bond acceptors (Lipinski definition) is 4. The van der Waals surface area contributed by atoms with E-state index in [1.165, 1.54) is 23.2 Å². The Morgan fingerprint density at radius 1 is 1.56 bits per heavy atom. The molecular formula is C11H10Cl2N2O3. The second-order valence-corrected chi connectivity index (χ2v) is 4.24. The molecule has 0 spiro atoms. The van der Waals surface area contributed by atoms with Crippen LogP contribution in [0.3, 0.4) is 0 Å². The van der Waals surface area contributed by atoms with Gasteiger partial charge in [0.15, 0.2) is 0 Å². The molecule has 0 aliphatic heterocycles. The third-order valence-electron chi connectivity index (χ3n) is 2.38. The van der Waals surface area contributed by atoms with E-state index in [0.717, 1.165) is 0 Å². The van der Waals surface area contributed by atoms with E-state index in [4.69, 9.17) is 32.4 Å². The maximum absolute atomic E-state index is 12.3. The summed E-state index contributed by atoms with van der Waals surface area (Å²) in [4.78, 5) is 12.3. The molecule has 2 aromatic heterocycles. The minimum Gasteiger partial charge on any atom is -0.452 e. The lowest BCUT2D eigenvalue weighted by molar-refractivity contribution is 0.102. The van der Waals surface area contributed by atoms with Gasteiger partial charge in [-0.1, -0.05) is 11.6 Å². The SMILES string of the molecule is COCCn1ncc(Cl)c1C(=O)c1ccoc1Cl. The molecule has 0 aromatic carbocycles. The van der Waals surface area contributed by atoms with Gasteiger partial charge in [0.05, 0.1) is 36.2 Å². The van der Waals surface area contributed by atoms with Crippen LogP contribution < -0.4 is 0 Å². The lowest BCUT2D eigenvalue weighted by Crippen LogP contribution is -2.14. The topological polar surface area (TPSA) is 57.3 Å². The molecule has 0 aliphatic carbocycles. The fraction of sp³-hybridized carbons (Fsp3) is 0.273. The summed E-state index contributed by atoms with van der Waals surface area (Å²) in [6, 6.07) is 1.49. The first-order valence-corrected chi connectivity index (χ1v) is 5.88. The largest absolute Gasteiger partial charge is 0.452 e. The highest BCUT2D eigenvalue weighted by molar-refractivity contribution is 6.37. The average molecular weight is 289 g/mol. The zero-order valence-electron chi connectivity index (χ0n) is 9.52. The van der Waals surface area contributed by atoms with Crippen molar-refractivity contribution in [3.8, 4) is 0 Å². The number of nitrogens with zero attached hydrogens (tertiary/aromatic N) is 2. The predicted molar refractivity (Wildman–Crippen MR) is 66.3 cm³/mol. The van der Waals surface area contributed by atoms with Gasteiger partial charge < -0.3 is 9.15 Å². The van der Waals surface area contributed by atoms with E-state index >= 15 is 0 Å². The molecule has 2 aromatic rings. The molecule has 96 valence electrons. The van der Waals surface area contributed by atoms with E-state index in [0.29, 0.717) is 13.2 Å². The van der Waals surface area contributed by atoms with Crippen LogP contribution in [0, 0.1) is 0 Å². The predicted octanol–water partition coefficient (Wildman–Crippen LogP) is 2.66. The van der Waals surface area contributed by atoms with Crippen molar-refractivity contribution in [1.29, 1.82) is 0 Å². The Morgan fingerprint density at radius 3 is 2.94 bits per heavy atom. The quantitative estimate of drug-likeness (QED) is 0.794. The normalized spacial score (nSPS) is 10.8. The van der Waals surface area contributed by atoms with E-state index < -0.39 is 0 Å². The summed E-state index contributed by atoms with van der Waals surface area (Å²) in [5.74, 6) is -0.327. The van der Waals surface area contributed by atoms with Gasteiger partial charge in [-0.15, -0.1) is 0 Å². The molecular weight excluding hydrogens is 279 g/mol. The molecule has 0 radical (unpaired) electrons. The summed E-state index contributed by atoms with van der Waals surface area (Å²) in [7, 11) is 1.57. The van der Waals surface area contributed by atoms with Crippen LogP contribution in [0.15, 0.2) is 22.9 Å². The van der Waals surface area contributed by atoms with Gasteiger partial charge in [0, 0.05) is 7.11 Å². The molecule has 2 heterocycles. The van der Waals surface area contributed by atoms with Gasteiger partial charge in [-0.2, -0.15) is 5.10 Å². The van der Waals surface area contributed by atoms with Crippen LogP contribution in [-0.2, 0) is 11.3 Å². The number of halogens is 2. The Kier molecular flexibility index (Phi) is 4.06. The molecule has 0 bridgehead atoms. The fourth-order valence-electron chi connectivity index (χ4n) is 1.52.